The quantitative estimate of drug-likeness (QED) is 0.786. The summed E-state index contributed by atoms with van der Waals surface area (Å²) in [6, 6.07) is 8.20. The van der Waals surface area contributed by atoms with Crippen molar-refractivity contribution < 1.29 is 19.1 Å². The molecule has 0 aromatic heterocycles. The molecule has 1 aromatic carbocycles. The molecule has 1 N–H and O–H groups in total. The zero-order valence-electron chi connectivity index (χ0n) is 16.4. The van der Waals surface area contributed by atoms with Crippen molar-refractivity contribution in [2.24, 2.45) is 0 Å². The van der Waals surface area contributed by atoms with Crippen LogP contribution in [0.2, 0.25) is 0 Å². The molecule has 0 spiro atoms. The molecule has 6 nitrogen and oxygen atoms in total. The number of morpholine rings is 1. The van der Waals surface area contributed by atoms with Gasteiger partial charge in [0.25, 0.3) is 5.91 Å². The summed E-state index contributed by atoms with van der Waals surface area (Å²) in [6.07, 6.45) is 0.516. The number of carbonyl (C=O) groups is 2. The van der Waals surface area contributed by atoms with E-state index in [1.54, 1.807) is 13.8 Å². The van der Waals surface area contributed by atoms with Gasteiger partial charge >= 0.3 is 5.97 Å². The van der Waals surface area contributed by atoms with Crippen molar-refractivity contribution in [2.45, 2.75) is 65.5 Å². The van der Waals surface area contributed by atoms with E-state index in [2.05, 4.69) is 36.2 Å². The van der Waals surface area contributed by atoms with Crippen LogP contribution in [0.4, 0.5) is 0 Å². The van der Waals surface area contributed by atoms with Gasteiger partial charge in [0.1, 0.15) is 0 Å². The maximum Gasteiger partial charge on any atom is 0.303 e. The van der Waals surface area contributed by atoms with Crippen LogP contribution in [0.1, 0.15) is 45.7 Å². The number of carbonyl (C=O) groups excluding carboxylic acids is 2. The summed E-state index contributed by atoms with van der Waals surface area (Å²) in [5, 5.41) is 2.81. The molecule has 0 radical (unpaired) electrons. The van der Waals surface area contributed by atoms with E-state index in [-0.39, 0.29) is 18.1 Å². The highest BCUT2D eigenvalue weighted by Crippen LogP contribution is 2.15. The Morgan fingerprint density at radius 3 is 2.23 bits per heavy atom. The average molecular weight is 362 g/mol. The van der Waals surface area contributed by atoms with Crippen molar-refractivity contribution >= 4 is 11.9 Å². The summed E-state index contributed by atoms with van der Waals surface area (Å²) in [5.74, 6) is -0.783. The lowest BCUT2D eigenvalue weighted by Gasteiger charge is -2.35. The monoisotopic (exact) mass is 362 g/mol. The predicted octanol–water partition coefficient (Wildman–Crippen LogP) is 2.25. The SMILES string of the molecule is CC(=O)OC(C)(C)C(=O)NCc1ccc(CN2C[C@@H](C)O[C@@H](C)C2)cc1. The number of esters is 1. The molecule has 144 valence electrons. The molecule has 1 aliphatic heterocycles. The molecule has 0 bridgehead atoms. The minimum atomic E-state index is -1.17. The molecular formula is C20H30N2O4. The third-order valence-corrected chi connectivity index (χ3v) is 4.32. The molecule has 26 heavy (non-hydrogen) atoms. The lowest BCUT2D eigenvalue weighted by Crippen LogP contribution is -2.45. The first-order chi connectivity index (χ1) is 12.2. The van der Waals surface area contributed by atoms with Gasteiger partial charge in [-0.3, -0.25) is 14.5 Å². The van der Waals surface area contributed by atoms with Gasteiger partial charge < -0.3 is 14.8 Å². The average Bonchev–Trinajstić information content (AvgIpc) is 2.51. The highest BCUT2D eigenvalue weighted by atomic mass is 16.6. The highest BCUT2D eigenvalue weighted by Gasteiger charge is 2.30. The molecule has 0 unspecified atom stereocenters. The Morgan fingerprint density at radius 2 is 1.69 bits per heavy atom. The molecule has 1 saturated heterocycles. The van der Waals surface area contributed by atoms with Gasteiger partial charge in [0.2, 0.25) is 0 Å². The number of hydrogen-bond donors (Lipinski definition) is 1. The van der Waals surface area contributed by atoms with E-state index in [4.69, 9.17) is 9.47 Å². The Balaban J connectivity index is 1.85. The summed E-state index contributed by atoms with van der Waals surface area (Å²) in [5.41, 5.74) is 1.07. The van der Waals surface area contributed by atoms with Crippen LogP contribution in [0.3, 0.4) is 0 Å². The van der Waals surface area contributed by atoms with Gasteiger partial charge in [0.05, 0.1) is 12.2 Å². The number of hydrogen-bond acceptors (Lipinski definition) is 5. The molecule has 1 fully saturated rings. The number of nitrogens with zero attached hydrogens (tertiary/aromatic N) is 1. The van der Waals surface area contributed by atoms with Gasteiger partial charge in [-0.25, -0.2) is 0 Å². The molecule has 1 aliphatic rings. The van der Waals surface area contributed by atoms with Gasteiger partial charge in [-0.1, -0.05) is 24.3 Å². The van der Waals surface area contributed by atoms with Gasteiger partial charge in [0, 0.05) is 33.1 Å². The van der Waals surface area contributed by atoms with Crippen LogP contribution in [-0.4, -0.2) is 47.7 Å². The van der Waals surface area contributed by atoms with Crippen LogP contribution < -0.4 is 5.32 Å². The first-order valence-electron chi connectivity index (χ1n) is 9.09. The van der Waals surface area contributed by atoms with Gasteiger partial charge in [0.15, 0.2) is 5.60 Å². The van der Waals surface area contributed by atoms with Crippen LogP contribution in [0, 0.1) is 0 Å². The summed E-state index contributed by atoms with van der Waals surface area (Å²) in [7, 11) is 0. The Labute approximate surface area is 155 Å². The molecular weight excluding hydrogens is 332 g/mol. The van der Waals surface area contributed by atoms with Crippen molar-refractivity contribution in [3.05, 3.63) is 35.4 Å². The molecule has 2 atom stereocenters. The first-order valence-corrected chi connectivity index (χ1v) is 9.09. The van der Waals surface area contributed by atoms with Crippen LogP contribution in [0.15, 0.2) is 24.3 Å². The maximum atomic E-state index is 12.2. The third kappa shape index (κ3) is 6.11. The van der Waals surface area contributed by atoms with E-state index in [0.29, 0.717) is 6.54 Å². The fraction of sp³-hybridized carbons (Fsp3) is 0.600. The van der Waals surface area contributed by atoms with E-state index >= 15 is 0 Å². The van der Waals surface area contributed by atoms with Gasteiger partial charge in [-0.2, -0.15) is 0 Å². The number of amides is 1. The fourth-order valence-electron chi connectivity index (χ4n) is 3.24. The summed E-state index contributed by atoms with van der Waals surface area (Å²) < 4.78 is 10.8. The summed E-state index contributed by atoms with van der Waals surface area (Å²) in [4.78, 5) is 25.6. The predicted molar refractivity (Wildman–Crippen MR) is 99.4 cm³/mol. The number of nitrogens with one attached hydrogen (secondary N) is 1. The van der Waals surface area contributed by atoms with Crippen molar-refractivity contribution in [1.29, 1.82) is 0 Å². The normalized spacial score (nSPS) is 21.3. The summed E-state index contributed by atoms with van der Waals surface area (Å²) >= 11 is 0. The van der Waals surface area contributed by atoms with Crippen LogP contribution in [0.25, 0.3) is 0 Å². The van der Waals surface area contributed by atoms with Crippen molar-refractivity contribution in [3.8, 4) is 0 Å². The number of rotatable bonds is 6. The molecule has 1 heterocycles. The second-order valence-corrected chi connectivity index (χ2v) is 7.55. The van der Waals surface area contributed by atoms with E-state index < -0.39 is 11.6 Å². The largest absolute Gasteiger partial charge is 0.450 e. The second kappa shape index (κ2) is 8.64. The number of benzene rings is 1. The molecule has 2 rings (SSSR count). The standard InChI is InChI=1S/C20H30N2O4/c1-14-11-22(12-15(2)25-14)13-18-8-6-17(7-9-18)10-21-19(24)20(4,5)26-16(3)23/h6-9,14-15H,10-13H2,1-5H3,(H,21,24)/t14-,15+. The van der Waals surface area contributed by atoms with Gasteiger partial charge in [-0.05, 0) is 38.8 Å². The maximum absolute atomic E-state index is 12.2. The summed E-state index contributed by atoms with van der Waals surface area (Å²) in [6.45, 7) is 11.8. The van der Waals surface area contributed by atoms with E-state index in [9.17, 15) is 9.59 Å². The Morgan fingerprint density at radius 1 is 1.15 bits per heavy atom. The second-order valence-electron chi connectivity index (χ2n) is 7.55. The van der Waals surface area contributed by atoms with E-state index in [0.717, 1.165) is 25.2 Å². The molecule has 0 aliphatic carbocycles. The fourth-order valence-corrected chi connectivity index (χ4v) is 3.24. The highest BCUT2D eigenvalue weighted by molar-refractivity contribution is 5.86. The van der Waals surface area contributed by atoms with Crippen LogP contribution in [0.5, 0.6) is 0 Å². The Kier molecular flexibility index (Phi) is 6.78. The van der Waals surface area contributed by atoms with Crippen molar-refractivity contribution in [2.75, 3.05) is 13.1 Å². The van der Waals surface area contributed by atoms with E-state index in [1.165, 1.54) is 12.5 Å². The first kappa shape index (κ1) is 20.4. The third-order valence-electron chi connectivity index (χ3n) is 4.32. The Bertz CT molecular complexity index is 617. The minimum Gasteiger partial charge on any atom is -0.450 e. The van der Waals surface area contributed by atoms with Gasteiger partial charge in [-0.15, -0.1) is 0 Å². The molecule has 6 heteroatoms. The Hall–Kier alpha value is -1.92. The minimum absolute atomic E-state index is 0.258. The van der Waals surface area contributed by atoms with Crippen molar-refractivity contribution in [1.82, 2.24) is 10.2 Å². The molecule has 1 amide bonds. The molecule has 0 saturated carbocycles. The smallest absolute Gasteiger partial charge is 0.303 e. The van der Waals surface area contributed by atoms with Crippen LogP contribution in [-0.2, 0) is 32.2 Å². The topological polar surface area (TPSA) is 67.9 Å². The van der Waals surface area contributed by atoms with E-state index in [1.807, 2.05) is 12.1 Å². The zero-order valence-corrected chi connectivity index (χ0v) is 16.4. The lowest BCUT2D eigenvalue weighted by atomic mass is 10.1. The number of ether oxygens (including phenoxy) is 2. The zero-order chi connectivity index (χ0) is 19.3. The van der Waals surface area contributed by atoms with Crippen LogP contribution >= 0.6 is 0 Å². The van der Waals surface area contributed by atoms with Crippen molar-refractivity contribution in [3.63, 3.8) is 0 Å². The molecule has 1 aromatic rings. The lowest BCUT2D eigenvalue weighted by molar-refractivity contribution is -0.163.